The van der Waals surface area contributed by atoms with Crippen LogP contribution in [0.2, 0.25) is 0 Å². The van der Waals surface area contributed by atoms with Crippen molar-refractivity contribution in [1.29, 1.82) is 5.26 Å². The third-order valence-electron chi connectivity index (χ3n) is 4.14. The number of aromatic nitrogens is 1. The van der Waals surface area contributed by atoms with E-state index in [0.717, 1.165) is 12.1 Å². The summed E-state index contributed by atoms with van der Waals surface area (Å²) in [6, 6.07) is 10.0. The van der Waals surface area contributed by atoms with Crippen LogP contribution >= 0.6 is 11.8 Å². The molecule has 1 aliphatic heterocycles. The average Bonchev–Trinajstić information content (AvgIpc) is 2.67. The summed E-state index contributed by atoms with van der Waals surface area (Å²) >= 11 is -0.291. The summed E-state index contributed by atoms with van der Waals surface area (Å²) in [5, 5.41) is 9.18. The van der Waals surface area contributed by atoms with Gasteiger partial charge in [0.05, 0.1) is 10.5 Å². The first kappa shape index (κ1) is 20.4. The quantitative estimate of drug-likeness (QED) is 0.697. The molecule has 2 heterocycles. The molecule has 1 aromatic carbocycles. The fourth-order valence-corrected chi connectivity index (χ4v) is 4.80. The molecule has 0 bridgehead atoms. The molecular weight excluding hydrogens is 413 g/mol. The Labute approximate surface area is 164 Å². The molecule has 28 heavy (non-hydrogen) atoms. The fraction of sp³-hybridized carbons (Fsp3) is 0.294. The minimum atomic E-state index is -4.43. The number of benzene rings is 1. The molecule has 0 aliphatic carbocycles. The van der Waals surface area contributed by atoms with Gasteiger partial charge in [0.1, 0.15) is 11.9 Å². The lowest BCUT2D eigenvalue weighted by Crippen LogP contribution is -2.49. The van der Waals surface area contributed by atoms with Crippen molar-refractivity contribution < 1.29 is 21.6 Å². The van der Waals surface area contributed by atoms with Crippen molar-refractivity contribution in [1.82, 2.24) is 9.29 Å². The van der Waals surface area contributed by atoms with Gasteiger partial charge in [-0.2, -0.15) is 22.7 Å². The van der Waals surface area contributed by atoms with E-state index in [1.165, 1.54) is 16.4 Å². The Bertz CT molecular complexity index is 981. The summed E-state index contributed by atoms with van der Waals surface area (Å²) in [5.41, 5.74) is -4.01. The van der Waals surface area contributed by atoms with Gasteiger partial charge < -0.3 is 4.90 Å². The van der Waals surface area contributed by atoms with Crippen molar-refractivity contribution >= 4 is 27.6 Å². The molecule has 0 spiro atoms. The maximum atomic E-state index is 12.8. The molecule has 0 N–H and O–H groups in total. The highest BCUT2D eigenvalue weighted by atomic mass is 32.2. The predicted molar refractivity (Wildman–Crippen MR) is 98.3 cm³/mol. The number of pyridine rings is 1. The van der Waals surface area contributed by atoms with Crippen molar-refractivity contribution in [3.8, 4) is 6.07 Å². The van der Waals surface area contributed by atoms with E-state index in [0.29, 0.717) is 24.5 Å². The Kier molecular flexibility index (Phi) is 5.83. The van der Waals surface area contributed by atoms with Crippen LogP contribution in [0, 0.1) is 11.3 Å². The van der Waals surface area contributed by atoms with Crippen LogP contribution in [-0.4, -0.2) is 49.4 Å². The third kappa shape index (κ3) is 4.57. The first-order valence-electron chi connectivity index (χ1n) is 8.17. The molecule has 0 unspecified atom stereocenters. The minimum Gasteiger partial charge on any atom is -0.353 e. The maximum absolute atomic E-state index is 12.8. The summed E-state index contributed by atoms with van der Waals surface area (Å²) in [5.74, 6) is 0.510. The summed E-state index contributed by atoms with van der Waals surface area (Å²) in [6.45, 7) is 1.07. The van der Waals surface area contributed by atoms with Gasteiger partial charge in [0.2, 0.25) is 10.0 Å². The lowest BCUT2D eigenvalue weighted by molar-refractivity contribution is -0.0328. The first-order chi connectivity index (χ1) is 13.2. The number of nitrogens with zero attached hydrogens (tertiary/aromatic N) is 4. The van der Waals surface area contributed by atoms with E-state index in [9.17, 15) is 26.9 Å². The van der Waals surface area contributed by atoms with E-state index in [1.54, 1.807) is 18.3 Å². The zero-order chi connectivity index (χ0) is 20.4. The van der Waals surface area contributed by atoms with Crippen LogP contribution < -0.4 is 4.90 Å². The van der Waals surface area contributed by atoms with Gasteiger partial charge in [0.15, 0.2) is 0 Å². The Morgan fingerprint density at radius 1 is 1.07 bits per heavy atom. The number of thioether (sulfide) groups is 1. The molecule has 0 radical (unpaired) electrons. The lowest BCUT2D eigenvalue weighted by atomic mass is 10.2. The van der Waals surface area contributed by atoms with Crippen LogP contribution in [0.15, 0.2) is 52.4 Å². The van der Waals surface area contributed by atoms with Crippen LogP contribution in [0.5, 0.6) is 0 Å². The molecule has 0 amide bonds. The fourth-order valence-electron chi connectivity index (χ4n) is 2.84. The second-order valence-corrected chi connectivity index (χ2v) is 8.97. The van der Waals surface area contributed by atoms with Crippen LogP contribution in [0.3, 0.4) is 0 Å². The van der Waals surface area contributed by atoms with E-state index in [2.05, 4.69) is 11.1 Å². The summed E-state index contributed by atoms with van der Waals surface area (Å²) in [4.78, 5) is 5.91. The van der Waals surface area contributed by atoms with Crippen molar-refractivity contribution in [3.63, 3.8) is 0 Å². The van der Waals surface area contributed by atoms with Crippen molar-refractivity contribution in [3.05, 3.63) is 48.2 Å². The molecule has 148 valence electrons. The Balaban J connectivity index is 1.70. The molecule has 0 atom stereocenters. The number of sulfonamides is 1. The molecule has 2 aromatic rings. The van der Waals surface area contributed by atoms with E-state index >= 15 is 0 Å². The second kappa shape index (κ2) is 7.98. The number of rotatable bonds is 4. The minimum absolute atomic E-state index is 0.0528. The largest absolute Gasteiger partial charge is 0.446 e. The number of hydrogen-bond donors (Lipinski definition) is 0. The van der Waals surface area contributed by atoms with E-state index in [1.807, 2.05) is 4.90 Å². The molecule has 6 nitrogen and oxygen atoms in total. The molecule has 3 rings (SSSR count). The maximum Gasteiger partial charge on any atom is 0.446 e. The monoisotopic (exact) mass is 428 g/mol. The molecule has 1 aliphatic rings. The lowest BCUT2D eigenvalue weighted by Gasteiger charge is -2.35. The smallest absolute Gasteiger partial charge is 0.353 e. The van der Waals surface area contributed by atoms with E-state index < -0.39 is 15.5 Å². The number of piperazine rings is 1. The van der Waals surface area contributed by atoms with Gasteiger partial charge in [-0.05, 0) is 48.2 Å². The number of alkyl halides is 3. The first-order valence-corrected chi connectivity index (χ1v) is 10.4. The van der Waals surface area contributed by atoms with Gasteiger partial charge >= 0.3 is 5.51 Å². The Morgan fingerprint density at radius 2 is 1.71 bits per heavy atom. The highest BCUT2D eigenvalue weighted by Crippen LogP contribution is 2.37. The average molecular weight is 428 g/mol. The van der Waals surface area contributed by atoms with Gasteiger partial charge in [-0.15, -0.1) is 0 Å². The standard InChI is InChI=1S/C17H15F3N4O2S2/c18-17(19,20)27-14-3-5-15(6-4-14)28(25,26)24-10-8-23(9-11-24)16-13(12-21)2-1-7-22-16/h1-7H,8-11H2. The predicted octanol–water partition coefficient (Wildman–Crippen LogP) is 3.08. The number of hydrogen-bond acceptors (Lipinski definition) is 6. The van der Waals surface area contributed by atoms with Crippen molar-refractivity contribution in [2.24, 2.45) is 0 Å². The van der Waals surface area contributed by atoms with Crippen LogP contribution in [0.1, 0.15) is 5.56 Å². The summed E-state index contributed by atoms with van der Waals surface area (Å²) in [7, 11) is -3.81. The zero-order valence-electron chi connectivity index (χ0n) is 14.4. The second-order valence-electron chi connectivity index (χ2n) is 5.90. The number of anilines is 1. The molecule has 0 saturated carbocycles. The van der Waals surface area contributed by atoms with Gasteiger partial charge in [-0.25, -0.2) is 13.4 Å². The van der Waals surface area contributed by atoms with Gasteiger partial charge in [-0.3, -0.25) is 0 Å². The van der Waals surface area contributed by atoms with Crippen LogP contribution in [-0.2, 0) is 10.0 Å². The third-order valence-corrected chi connectivity index (χ3v) is 6.79. The zero-order valence-corrected chi connectivity index (χ0v) is 16.1. The van der Waals surface area contributed by atoms with Crippen molar-refractivity contribution in [2.75, 3.05) is 31.1 Å². The van der Waals surface area contributed by atoms with E-state index in [-0.39, 0.29) is 34.6 Å². The highest BCUT2D eigenvalue weighted by Gasteiger charge is 2.31. The van der Waals surface area contributed by atoms with E-state index in [4.69, 9.17) is 0 Å². The Hall–Kier alpha value is -2.29. The summed E-state index contributed by atoms with van der Waals surface area (Å²) in [6.07, 6.45) is 1.57. The highest BCUT2D eigenvalue weighted by molar-refractivity contribution is 8.00. The normalized spacial score (nSPS) is 16.0. The number of halogens is 3. The molecular formula is C17H15F3N4O2S2. The molecule has 1 aromatic heterocycles. The molecule has 1 fully saturated rings. The Morgan fingerprint density at radius 3 is 2.29 bits per heavy atom. The van der Waals surface area contributed by atoms with Crippen LogP contribution in [0.25, 0.3) is 0 Å². The van der Waals surface area contributed by atoms with Gasteiger partial charge in [0.25, 0.3) is 0 Å². The number of nitriles is 1. The van der Waals surface area contributed by atoms with Gasteiger partial charge in [-0.1, -0.05) is 0 Å². The molecule has 11 heteroatoms. The molecule has 1 saturated heterocycles. The SMILES string of the molecule is N#Cc1cccnc1N1CCN(S(=O)(=O)c2ccc(SC(F)(F)F)cc2)CC1. The topological polar surface area (TPSA) is 77.3 Å². The van der Waals surface area contributed by atoms with Crippen LogP contribution in [0.4, 0.5) is 19.0 Å². The van der Waals surface area contributed by atoms with Crippen molar-refractivity contribution in [2.45, 2.75) is 15.3 Å². The van der Waals surface area contributed by atoms with Gasteiger partial charge in [0, 0.05) is 37.3 Å². The summed E-state index contributed by atoms with van der Waals surface area (Å²) < 4.78 is 64.0.